The van der Waals surface area contributed by atoms with E-state index in [2.05, 4.69) is 28.0 Å². The number of aromatic nitrogens is 4. The molecule has 1 saturated carbocycles. The van der Waals surface area contributed by atoms with Gasteiger partial charge in [0.1, 0.15) is 30.1 Å². The Hall–Kier alpha value is -6.18. The largest absolute Gasteiger partial charge is 0.489 e. The number of anilines is 3. The molecule has 8 rings (SSSR count). The lowest BCUT2D eigenvalue weighted by atomic mass is 10.0. The molecule has 36 heteroatoms. The van der Waals surface area contributed by atoms with Crippen LogP contribution >= 0.6 is 65.4 Å². The van der Waals surface area contributed by atoms with Crippen LogP contribution in [0.3, 0.4) is 0 Å². The molecule has 4 aromatic carbocycles. The highest BCUT2D eigenvalue weighted by molar-refractivity contribution is 7.92. The molecule has 1 aliphatic heterocycles. The van der Waals surface area contributed by atoms with Crippen LogP contribution < -0.4 is 30.7 Å². The summed E-state index contributed by atoms with van der Waals surface area (Å²) in [5.41, 5.74) is 6.38. The van der Waals surface area contributed by atoms with Crippen LogP contribution in [0.2, 0.25) is 10.0 Å². The number of aryl methyl sites for hydroxylation is 3. The van der Waals surface area contributed by atoms with E-state index >= 15 is 0 Å². The zero-order valence-corrected chi connectivity index (χ0v) is 57.4. The van der Waals surface area contributed by atoms with E-state index in [1.54, 1.807) is 16.9 Å². The molecule has 0 saturated heterocycles. The van der Waals surface area contributed by atoms with Crippen LogP contribution in [0.25, 0.3) is 5.69 Å². The second-order valence-electron chi connectivity index (χ2n) is 21.0. The number of carbonyl (C=O) groups excluding carboxylic acids is 3. The minimum Gasteiger partial charge on any atom is -0.489 e. The molecule has 93 heavy (non-hydrogen) atoms. The van der Waals surface area contributed by atoms with Gasteiger partial charge < -0.3 is 39.5 Å². The second-order valence-corrected chi connectivity index (χ2v) is 29.5. The third kappa shape index (κ3) is 22.5. The molecule has 5 N–H and O–H groups in total. The molecule has 6 aromatic rings. The van der Waals surface area contributed by atoms with E-state index in [0.717, 1.165) is 66.4 Å². The molecule has 2 aromatic heterocycles. The molecule has 0 spiro atoms. The average Bonchev–Trinajstić information content (AvgIpc) is 1.77. The van der Waals surface area contributed by atoms with Crippen LogP contribution in [0.4, 0.5) is 39.0 Å². The first-order valence-corrected chi connectivity index (χ1v) is 35.7. The molecule has 1 aliphatic carbocycles. The summed E-state index contributed by atoms with van der Waals surface area (Å²) in [5.74, 6) is -1.43. The summed E-state index contributed by atoms with van der Waals surface area (Å²) in [6.07, 6.45) is 0.636. The molecule has 2 aliphatic rings. The van der Waals surface area contributed by atoms with Gasteiger partial charge >= 0.3 is 24.4 Å². The summed E-state index contributed by atoms with van der Waals surface area (Å²) >= 11 is 28.8. The highest BCUT2D eigenvalue weighted by Crippen LogP contribution is 2.43. The van der Waals surface area contributed by atoms with E-state index in [0.29, 0.717) is 41.5 Å². The molecule has 4 atom stereocenters. The van der Waals surface area contributed by atoms with Gasteiger partial charge in [-0.1, -0.05) is 88.8 Å². The number of carboxylic acids is 1. The van der Waals surface area contributed by atoms with Crippen LogP contribution in [0.1, 0.15) is 96.7 Å². The number of benzene rings is 4. The fourth-order valence-electron chi connectivity index (χ4n) is 8.80. The highest BCUT2D eigenvalue weighted by Gasteiger charge is 2.37. The first-order valence-electron chi connectivity index (χ1n) is 27.5. The van der Waals surface area contributed by atoms with Crippen LogP contribution in [-0.2, 0) is 56.1 Å². The van der Waals surface area contributed by atoms with E-state index in [1.165, 1.54) is 25.9 Å². The first kappa shape index (κ1) is 79.3. The van der Waals surface area contributed by atoms with E-state index in [4.69, 9.17) is 87.7 Å². The number of rotatable bonds is 19. The van der Waals surface area contributed by atoms with Crippen LogP contribution in [-0.4, -0.2) is 144 Å². The molecule has 1 fully saturated rings. The van der Waals surface area contributed by atoms with Crippen molar-refractivity contribution >= 4 is 126 Å². The maximum atomic E-state index is 12.8. The molecular formula is C57H67Cl5F5N8O15PS2. The van der Waals surface area contributed by atoms with Crippen molar-refractivity contribution in [2.24, 2.45) is 5.73 Å². The topological polar surface area (TPSA) is 323 Å². The Morgan fingerprint density at radius 2 is 1.59 bits per heavy atom. The van der Waals surface area contributed by atoms with Crippen molar-refractivity contribution in [2.45, 2.75) is 107 Å². The zero-order valence-electron chi connectivity index (χ0n) is 51.1. The predicted octanol–water partition coefficient (Wildman–Crippen LogP) is 11.1. The maximum absolute atomic E-state index is 12.8. The van der Waals surface area contributed by atoms with E-state index in [-0.39, 0.29) is 91.2 Å². The van der Waals surface area contributed by atoms with Crippen molar-refractivity contribution in [3.05, 3.63) is 139 Å². The number of fused-ring (bicyclic) bond motifs is 1. The molecular weight excluding hydrogens is 1400 g/mol. The Balaban J connectivity index is 0.000000253. The number of para-hydroxylation sites is 3. The molecule has 3 heterocycles. The van der Waals surface area contributed by atoms with Crippen molar-refractivity contribution in [1.82, 2.24) is 19.5 Å². The lowest BCUT2D eigenvalue weighted by Crippen LogP contribution is -2.47. The Morgan fingerprint density at radius 1 is 0.957 bits per heavy atom. The zero-order chi connectivity index (χ0) is 70.4. The SMILES string of the molecule is CC1COc2ccccc2N1C(=O)C(Cl)Cl.CCc1cccc(C)c1N(C(=O)CCl)C(C)COC.CP(=O)(O)CCC(N)C(=O)O.CS(=O)(=O)c1cc(C(F)(F)F)ccc1C(=O)c1cnoc1C1CC1.Cc1nn(-c2cc(NS(C)(=O)=O)c(Cl)cc2Cl)c(=O)n1C(F)F. The lowest BCUT2D eigenvalue weighted by molar-refractivity contribution is -0.139. The number of ether oxygens (including phenoxy) is 2. The quantitative estimate of drug-likeness (QED) is 0.0253. The number of hydrogen-bond acceptors (Lipinski definition) is 16. The number of nitrogens with one attached hydrogen (secondary N) is 1. The van der Waals surface area contributed by atoms with Crippen molar-refractivity contribution in [2.75, 3.05) is 66.1 Å². The summed E-state index contributed by atoms with van der Waals surface area (Å²) in [4.78, 5) is 69.2. The lowest BCUT2D eigenvalue weighted by Gasteiger charge is -2.35. The fourth-order valence-corrected chi connectivity index (χ4v) is 11.9. The third-order valence-electron chi connectivity index (χ3n) is 13.3. The number of amides is 2. The molecule has 0 radical (unpaired) electrons. The second kappa shape index (κ2) is 34.0. The van der Waals surface area contributed by atoms with Crippen molar-refractivity contribution in [3.63, 3.8) is 0 Å². The standard InChI is InChI=1S/C15H22ClNO2.C15H12F3NO4S.C11H10Cl2F2N4O3S.C11H11Cl2NO2.C5H12NO4P/c1-5-13-8-6-7-11(2)15(13)17(14(18)9-16)12(3)10-19-4;1-24(21,22)12-6-9(15(16,17)18)4-5-10(12)13(20)11-7-19-23-14(11)8-2-3-8;1-5-16-19(11(20)18(5)10(14)15)9-4-8(17-23(2,21)22)6(12)3-7(9)13;1-7-6-16-9-5-3-2-4-8(9)14(7)11(15)10(12)13;1-11(9,10)3-2-4(6)5(7)8/h6-8,12H,5,9-10H2,1-4H3;4-8H,2-3H2,1H3;3-4,10,17H,1-2H3;2-5,7,10H,6H2,1H3;4H,2-3,6H2,1H3,(H,7,8)(H,9,10). The van der Waals surface area contributed by atoms with Gasteiger partial charge in [-0.25, -0.2) is 26.2 Å². The number of sulfone groups is 1. The number of ketones is 1. The van der Waals surface area contributed by atoms with E-state index in [9.17, 15) is 67.3 Å². The summed E-state index contributed by atoms with van der Waals surface area (Å²) in [7, 11) is -9.16. The summed E-state index contributed by atoms with van der Waals surface area (Å²) in [6.45, 7) is 8.24. The van der Waals surface area contributed by atoms with Gasteiger partial charge in [-0.3, -0.25) is 28.5 Å². The molecule has 0 bridgehead atoms. The number of hydrogen-bond donors (Lipinski definition) is 4. The van der Waals surface area contributed by atoms with Gasteiger partial charge in [0, 0.05) is 37.7 Å². The van der Waals surface area contributed by atoms with Gasteiger partial charge in [0.15, 0.2) is 33.6 Å². The van der Waals surface area contributed by atoms with Gasteiger partial charge in [0.05, 0.1) is 80.0 Å². The molecule has 512 valence electrons. The fraction of sp³-hybridized carbons (Fsp3) is 0.421. The molecule has 4 unspecified atom stereocenters. The minimum absolute atomic E-state index is 0.0223. The van der Waals surface area contributed by atoms with Gasteiger partial charge in [0.2, 0.25) is 15.9 Å². The first-order chi connectivity index (χ1) is 43.1. The van der Waals surface area contributed by atoms with Gasteiger partial charge in [0.25, 0.3) is 5.91 Å². The monoisotopic (exact) mass is 1470 g/mol. The number of nitrogens with zero attached hydrogens (tertiary/aromatic N) is 6. The van der Waals surface area contributed by atoms with Crippen molar-refractivity contribution in [1.29, 1.82) is 0 Å². The highest BCUT2D eigenvalue weighted by atomic mass is 35.5. The normalized spacial score (nSPS) is 15.0. The number of alkyl halides is 8. The summed E-state index contributed by atoms with van der Waals surface area (Å²) < 4.78 is 140. The Kier molecular flexibility index (Phi) is 28.9. The van der Waals surface area contributed by atoms with E-state index in [1.807, 2.05) is 57.2 Å². The van der Waals surface area contributed by atoms with E-state index < -0.39 is 78.7 Å². The summed E-state index contributed by atoms with van der Waals surface area (Å²) in [5, 5.41) is 15.5. The number of aliphatic carboxylic acids is 1. The number of carbonyl (C=O) groups is 4. The van der Waals surface area contributed by atoms with Crippen molar-refractivity contribution < 1.29 is 86.5 Å². The van der Waals surface area contributed by atoms with Crippen molar-refractivity contribution in [3.8, 4) is 11.4 Å². The average molecular weight is 1470 g/mol. The van der Waals surface area contributed by atoms with Crippen LogP contribution in [0, 0.1) is 13.8 Å². The number of sulfonamides is 1. The Labute approximate surface area is 557 Å². The number of carboxylic acid groups (broad SMARTS) is 1. The number of halogens is 10. The Morgan fingerprint density at radius 3 is 2.11 bits per heavy atom. The molecule has 2 amide bonds. The van der Waals surface area contributed by atoms with Gasteiger partial charge in [-0.05, 0) is 107 Å². The van der Waals surface area contributed by atoms with Crippen LogP contribution in [0.5, 0.6) is 5.75 Å². The van der Waals surface area contributed by atoms with Gasteiger partial charge in [-0.2, -0.15) is 26.6 Å². The molecule has 23 nitrogen and oxygen atoms in total. The van der Waals surface area contributed by atoms with Crippen LogP contribution in [0.15, 0.2) is 93.2 Å². The van der Waals surface area contributed by atoms with Gasteiger partial charge in [-0.15, -0.1) is 16.7 Å². The predicted molar refractivity (Wildman–Crippen MR) is 344 cm³/mol. The number of methoxy groups -OCH3 is 1. The maximum Gasteiger partial charge on any atom is 0.416 e. The summed E-state index contributed by atoms with van der Waals surface area (Å²) in [6, 6.07) is 16.6. The third-order valence-corrected chi connectivity index (χ3v) is 17.3. The minimum atomic E-state index is -4.71. The smallest absolute Gasteiger partial charge is 0.416 e. The Bertz CT molecular complexity index is 3980. The number of nitrogens with two attached hydrogens (primary N) is 1.